The summed E-state index contributed by atoms with van der Waals surface area (Å²) in [6.45, 7) is 3.79. The van der Waals surface area contributed by atoms with Gasteiger partial charge in [-0.3, -0.25) is 4.79 Å². The average molecular weight is 388 g/mol. The van der Waals surface area contributed by atoms with Crippen LogP contribution in [0, 0.1) is 0 Å². The molecule has 9 heteroatoms. The lowest BCUT2D eigenvalue weighted by Crippen LogP contribution is -2.25. The van der Waals surface area contributed by atoms with Crippen molar-refractivity contribution in [2.75, 3.05) is 11.9 Å². The molecule has 2 rings (SSSR count). The Hall–Kier alpha value is -3.17. The molecule has 2 aromatic rings. The van der Waals surface area contributed by atoms with E-state index in [4.69, 9.17) is 5.73 Å². The monoisotopic (exact) mass is 388 g/mol. The lowest BCUT2D eigenvalue weighted by molar-refractivity contribution is 0.0957. The van der Waals surface area contributed by atoms with Crippen molar-refractivity contribution in [1.29, 1.82) is 0 Å². The lowest BCUT2D eigenvalue weighted by atomic mass is 10.2. The highest BCUT2D eigenvalue weighted by Crippen LogP contribution is 2.14. The van der Waals surface area contributed by atoms with Crippen LogP contribution in [0.1, 0.15) is 15.9 Å². The van der Waals surface area contributed by atoms with Crippen molar-refractivity contribution in [2.45, 2.75) is 11.4 Å². The van der Waals surface area contributed by atoms with Crippen molar-refractivity contribution < 1.29 is 18.0 Å². The minimum atomic E-state index is -3.83. The molecule has 0 bridgehead atoms. The van der Waals surface area contributed by atoms with Crippen molar-refractivity contribution in [2.24, 2.45) is 5.73 Å². The van der Waals surface area contributed by atoms with Gasteiger partial charge < -0.3 is 16.4 Å². The number of sulfonamides is 1. The van der Waals surface area contributed by atoms with Crippen molar-refractivity contribution in [3.63, 3.8) is 0 Å². The summed E-state index contributed by atoms with van der Waals surface area (Å²) >= 11 is 0. The standard InChI is InChI=1S/C18H20N4O4S/c1-2-9-20-17(23)14-6-4-8-16(11-14)27(25,26)21-12-13-5-3-7-15(10-13)22-18(19)24/h2-8,10-11,21H,1,9,12H2,(H,20,23)(H3,19,22,24). The minimum Gasteiger partial charge on any atom is -0.351 e. The van der Waals surface area contributed by atoms with Gasteiger partial charge in [-0.05, 0) is 35.9 Å². The number of urea groups is 1. The SMILES string of the molecule is C=CCNC(=O)c1cccc(S(=O)(=O)NCc2cccc(NC(N)=O)c2)c1. The van der Waals surface area contributed by atoms with Crippen molar-refractivity contribution in [1.82, 2.24) is 10.0 Å². The van der Waals surface area contributed by atoms with Crippen LogP contribution in [0.15, 0.2) is 66.1 Å². The molecule has 0 spiro atoms. The Balaban J connectivity index is 2.11. The van der Waals surface area contributed by atoms with E-state index < -0.39 is 22.0 Å². The first kappa shape index (κ1) is 20.1. The van der Waals surface area contributed by atoms with Gasteiger partial charge in [0.1, 0.15) is 0 Å². The van der Waals surface area contributed by atoms with Crippen molar-refractivity contribution in [3.05, 3.63) is 72.3 Å². The maximum atomic E-state index is 12.5. The van der Waals surface area contributed by atoms with Crippen molar-refractivity contribution >= 4 is 27.6 Å². The Morgan fingerprint density at radius 3 is 2.56 bits per heavy atom. The number of anilines is 1. The molecular weight excluding hydrogens is 368 g/mol. The third-order valence-corrected chi connectivity index (χ3v) is 4.87. The summed E-state index contributed by atoms with van der Waals surface area (Å²) in [5.41, 5.74) is 6.38. The number of amides is 3. The third kappa shape index (κ3) is 5.94. The van der Waals surface area contributed by atoms with Gasteiger partial charge in [-0.1, -0.05) is 24.3 Å². The van der Waals surface area contributed by atoms with Crippen LogP contribution in [0.25, 0.3) is 0 Å². The van der Waals surface area contributed by atoms with Gasteiger partial charge in [-0.25, -0.2) is 17.9 Å². The molecule has 0 saturated heterocycles. The fourth-order valence-electron chi connectivity index (χ4n) is 2.23. The van der Waals surface area contributed by atoms with Gasteiger partial charge in [0, 0.05) is 24.3 Å². The molecule has 0 unspecified atom stereocenters. The van der Waals surface area contributed by atoms with Crippen LogP contribution in [-0.4, -0.2) is 26.9 Å². The highest BCUT2D eigenvalue weighted by atomic mass is 32.2. The number of nitrogens with one attached hydrogen (secondary N) is 3. The quantitative estimate of drug-likeness (QED) is 0.511. The van der Waals surface area contributed by atoms with Crippen LogP contribution in [0.5, 0.6) is 0 Å². The Morgan fingerprint density at radius 2 is 1.85 bits per heavy atom. The highest BCUT2D eigenvalue weighted by molar-refractivity contribution is 7.89. The number of primary amides is 1. The first-order valence-corrected chi connectivity index (χ1v) is 9.44. The number of rotatable bonds is 8. The van der Waals surface area contributed by atoms with E-state index in [-0.39, 0.29) is 23.5 Å². The van der Waals surface area contributed by atoms with Crippen LogP contribution in [0.4, 0.5) is 10.5 Å². The second-order valence-electron chi connectivity index (χ2n) is 5.54. The van der Waals surface area contributed by atoms with Gasteiger partial charge in [0.2, 0.25) is 10.0 Å². The molecule has 142 valence electrons. The summed E-state index contributed by atoms with van der Waals surface area (Å²) in [6.07, 6.45) is 1.53. The summed E-state index contributed by atoms with van der Waals surface area (Å²) in [5, 5.41) is 5.01. The molecule has 0 atom stereocenters. The number of carbonyl (C=O) groups excluding carboxylic acids is 2. The third-order valence-electron chi connectivity index (χ3n) is 3.47. The summed E-state index contributed by atoms with van der Waals surface area (Å²) in [5.74, 6) is -0.392. The predicted molar refractivity (Wildman–Crippen MR) is 103 cm³/mol. The minimum absolute atomic E-state index is 0.00348. The molecule has 0 aliphatic rings. The number of benzene rings is 2. The first-order valence-electron chi connectivity index (χ1n) is 7.96. The van der Waals surface area contributed by atoms with E-state index >= 15 is 0 Å². The van der Waals surface area contributed by atoms with Crippen LogP contribution in [-0.2, 0) is 16.6 Å². The Kier molecular flexibility index (Phi) is 6.69. The maximum absolute atomic E-state index is 12.5. The number of hydrogen-bond donors (Lipinski definition) is 4. The maximum Gasteiger partial charge on any atom is 0.316 e. The van der Waals surface area contributed by atoms with Crippen molar-refractivity contribution in [3.8, 4) is 0 Å². The zero-order valence-electron chi connectivity index (χ0n) is 14.4. The Morgan fingerprint density at radius 1 is 1.11 bits per heavy atom. The van der Waals surface area contributed by atoms with Gasteiger partial charge in [0.05, 0.1) is 4.90 Å². The molecule has 0 heterocycles. The second-order valence-corrected chi connectivity index (χ2v) is 7.31. The molecule has 0 fully saturated rings. The molecule has 0 saturated carbocycles. The molecule has 27 heavy (non-hydrogen) atoms. The van der Waals surface area contributed by atoms with Gasteiger partial charge in [0.25, 0.3) is 5.91 Å². The molecular formula is C18H20N4O4S. The zero-order valence-corrected chi connectivity index (χ0v) is 15.3. The average Bonchev–Trinajstić information content (AvgIpc) is 2.64. The Labute approximate surface area is 157 Å². The van der Waals surface area contributed by atoms with Crippen LogP contribution in [0.2, 0.25) is 0 Å². The van der Waals surface area contributed by atoms with Gasteiger partial charge >= 0.3 is 6.03 Å². The molecule has 3 amide bonds. The fraction of sp³-hybridized carbons (Fsp3) is 0.111. The van der Waals surface area contributed by atoms with E-state index in [9.17, 15) is 18.0 Å². The Bertz CT molecular complexity index is 957. The molecule has 8 nitrogen and oxygen atoms in total. The normalized spacial score (nSPS) is 10.8. The predicted octanol–water partition coefficient (Wildman–Crippen LogP) is 1.57. The first-order chi connectivity index (χ1) is 12.8. The topological polar surface area (TPSA) is 130 Å². The fourth-order valence-corrected chi connectivity index (χ4v) is 3.30. The van der Waals surface area contributed by atoms with Crippen LogP contribution < -0.4 is 21.1 Å². The summed E-state index contributed by atoms with van der Waals surface area (Å²) in [4.78, 5) is 22.8. The van der Waals surface area contributed by atoms with Crippen LogP contribution >= 0.6 is 0 Å². The number of carbonyl (C=O) groups is 2. The summed E-state index contributed by atoms with van der Waals surface area (Å²) in [6, 6.07) is 11.6. The molecule has 2 aromatic carbocycles. The van der Waals surface area contributed by atoms with E-state index in [1.54, 1.807) is 24.3 Å². The summed E-state index contributed by atoms with van der Waals surface area (Å²) < 4.78 is 27.5. The second kappa shape index (κ2) is 8.97. The lowest BCUT2D eigenvalue weighted by Gasteiger charge is -2.10. The van der Waals surface area contributed by atoms with E-state index in [0.29, 0.717) is 11.3 Å². The molecule has 0 radical (unpaired) electrons. The summed E-state index contributed by atoms with van der Waals surface area (Å²) in [7, 11) is -3.83. The van der Waals surface area contributed by atoms with Crippen LogP contribution in [0.3, 0.4) is 0 Å². The number of hydrogen-bond acceptors (Lipinski definition) is 4. The van der Waals surface area contributed by atoms with Gasteiger partial charge in [-0.2, -0.15) is 0 Å². The molecule has 0 aromatic heterocycles. The van der Waals surface area contributed by atoms with Gasteiger partial charge in [-0.15, -0.1) is 6.58 Å². The van der Waals surface area contributed by atoms with E-state index in [1.807, 2.05) is 0 Å². The number of nitrogens with two attached hydrogens (primary N) is 1. The molecule has 5 N–H and O–H groups in total. The smallest absolute Gasteiger partial charge is 0.316 e. The van der Waals surface area contributed by atoms with E-state index in [0.717, 1.165) is 0 Å². The largest absolute Gasteiger partial charge is 0.351 e. The van der Waals surface area contributed by atoms with E-state index in [2.05, 4.69) is 21.9 Å². The van der Waals surface area contributed by atoms with Gasteiger partial charge in [0.15, 0.2) is 0 Å². The molecule has 0 aliphatic carbocycles. The molecule has 0 aliphatic heterocycles. The highest BCUT2D eigenvalue weighted by Gasteiger charge is 2.16. The van der Waals surface area contributed by atoms with E-state index in [1.165, 1.54) is 30.3 Å². The zero-order chi connectivity index (χ0) is 19.9.